The summed E-state index contributed by atoms with van der Waals surface area (Å²) >= 11 is 0. The normalized spacial score (nSPS) is 16.7. The van der Waals surface area contributed by atoms with E-state index in [1.807, 2.05) is 36.4 Å². The topological polar surface area (TPSA) is 97.2 Å². The van der Waals surface area contributed by atoms with Crippen molar-refractivity contribution in [1.82, 2.24) is 0 Å². The predicted octanol–water partition coefficient (Wildman–Crippen LogP) is 10.4. The summed E-state index contributed by atoms with van der Waals surface area (Å²) in [5, 5.41) is 26.1. The molecule has 2 aliphatic heterocycles. The fraction of sp³-hybridized carbons (Fsp3) is 0.468. The molecular formula is C47H59NO6. The quantitative estimate of drug-likeness (QED) is 0.0779. The van der Waals surface area contributed by atoms with Crippen LogP contribution >= 0.6 is 0 Å². The number of hydrogen-bond donors (Lipinski definition) is 3. The maximum atomic E-state index is 13.4. The first-order chi connectivity index (χ1) is 26.3. The van der Waals surface area contributed by atoms with E-state index in [-0.39, 0.29) is 29.7 Å². The van der Waals surface area contributed by atoms with Crippen molar-refractivity contribution in [3.8, 4) is 29.3 Å². The van der Waals surface area contributed by atoms with Gasteiger partial charge in [-0.1, -0.05) is 87.8 Å². The maximum Gasteiger partial charge on any atom is 0.161 e. The summed E-state index contributed by atoms with van der Waals surface area (Å²) < 4.78 is 18.1. The number of Topliss-reactive ketones (excluding diaryl/α,β-unsaturated/α-hetero) is 1. The molecule has 54 heavy (non-hydrogen) atoms. The van der Waals surface area contributed by atoms with Crippen LogP contribution in [-0.4, -0.2) is 41.9 Å². The van der Waals surface area contributed by atoms with Gasteiger partial charge < -0.3 is 29.7 Å². The summed E-state index contributed by atoms with van der Waals surface area (Å²) in [5.74, 6) is 4.88. The third-order valence-corrected chi connectivity index (χ3v) is 10.3. The Morgan fingerprint density at radius 1 is 0.907 bits per heavy atom. The number of carbonyl (C=O) groups excluding carboxylic acids is 1. The molecule has 6 rings (SSSR count). The van der Waals surface area contributed by atoms with Crippen LogP contribution in [0, 0.1) is 12.0 Å². The summed E-state index contributed by atoms with van der Waals surface area (Å²) in [7, 11) is 1.64. The molecule has 0 unspecified atom stereocenters. The molecule has 0 aromatic heterocycles. The molecule has 3 atom stereocenters. The second-order valence-electron chi connectivity index (χ2n) is 14.8. The fourth-order valence-corrected chi connectivity index (χ4v) is 7.25. The van der Waals surface area contributed by atoms with Gasteiger partial charge in [0.2, 0.25) is 0 Å². The van der Waals surface area contributed by atoms with Crippen LogP contribution in [0.2, 0.25) is 0 Å². The van der Waals surface area contributed by atoms with E-state index in [2.05, 4.69) is 54.6 Å². The highest BCUT2D eigenvalue weighted by molar-refractivity contribution is 5.89. The molecule has 288 valence electrons. The number of rotatable bonds is 16. The summed E-state index contributed by atoms with van der Waals surface area (Å²) in [6.45, 7) is 4.87. The Morgan fingerprint density at radius 3 is 2.56 bits per heavy atom. The van der Waals surface area contributed by atoms with Gasteiger partial charge in [0.05, 0.1) is 19.1 Å². The van der Waals surface area contributed by atoms with Gasteiger partial charge in [-0.25, -0.2) is 0 Å². The number of phenols is 1. The number of methoxy groups -OCH3 is 1. The number of aryl methyl sites for hydroxylation is 2. The van der Waals surface area contributed by atoms with Crippen molar-refractivity contribution in [1.29, 1.82) is 0 Å². The van der Waals surface area contributed by atoms with Gasteiger partial charge in [-0.2, -0.15) is 0 Å². The number of aromatic hydroxyl groups is 1. The molecule has 2 aliphatic rings. The highest BCUT2D eigenvalue weighted by atomic mass is 16.5. The number of ketones is 1. The van der Waals surface area contributed by atoms with E-state index in [4.69, 9.17) is 14.2 Å². The van der Waals surface area contributed by atoms with E-state index in [9.17, 15) is 15.0 Å². The van der Waals surface area contributed by atoms with Crippen molar-refractivity contribution in [3.05, 3.63) is 95.1 Å². The molecular weight excluding hydrogens is 675 g/mol. The zero-order valence-corrected chi connectivity index (χ0v) is 32.5. The van der Waals surface area contributed by atoms with E-state index < -0.39 is 0 Å². The van der Waals surface area contributed by atoms with Crippen molar-refractivity contribution in [2.75, 3.05) is 19.0 Å². The van der Waals surface area contributed by atoms with E-state index in [0.717, 1.165) is 104 Å². The van der Waals surface area contributed by atoms with Crippen LogP contribution in [0.3, 0.4) is 0 Å². The predicted molar refractivity (Wildman–Crippen MR) is 218 cm³/mol. The van der Waals surface area contributed by atoms with Gasteiger partial charge >= 0.3 is 0 Å². The van der Waals surface area contributed by atoms with Gasteiger partial charge in [0.1, 0.15) is 30.4 Å². The Bertz CT molecular complexity index is 1860. The minimum absolute atomic E-state index is 0.155. The Balaban J connectivity index is 1.28. The first kappa shape index (κ1) is 40.5. The molecule has 0 aliphatic carbocycles. The lowest BCUT2D eigenvalue weighted by molar-refractivity contribution is -0.121. The van der Waals surface area contributed by atoms with Crippen molar-refractivity contribution >= 4 is 22.2 Å². The standard InChI is InChI=1S/C47H59NO6/c1-4-5-9-15-38-26-27-53-42(17-11-8-6-7-10-13-35-14-12-16-40(29-35)48-32-34(2)49)31-41(50)22-18-36-20-25-45(52-3)46(30-36)54-33-37-19-23-43-39(28-37)21-24-44(51)47(38)43/h12,14,16,19-21,23-25,28-30,34,38,42,48-49,51H,4-11,13,15,17-18,22,31-33H2,1-3H3/t34-,38+,42-/m0/s1. The minimum Gasteiger partial charge on any atom is -0.508 e. The Labute approximate surface area is 322 Å². The van der Waals surface area contributed by atoms with Crippen LogP contribution < -0.4 is 14.8 Å². The maximum absolute atomic E-state index is 13.4. The molecule has 4 aromatic rings. The Morgan fingerprint density at radius 2 is 1.72 bits per heavy atom. The molecule has 3 N–H and O–H groups in total. The van der Waals surface area contributed by atoms with E-state index in [1.54, 1.807) is 20.1 Å². The molecule has 4 aromatic carbocycles. The number of fused-ring (bicyclic) bond motifs is 9. The van der Waals surface area contributed by atoms with Gasteiger partial charge in [0, 0.05) is 30.6 Å². The molecule has 6 bridgehead atoms. The number of carbonyl (C=O) groups is 1. The van der Waals surface area contributed by atoms with Crippen LogP contribution in [0.15, 0.2) is 72.8 Å². The molecule has 0 saturated carbocycles. The van der Waals surface area contributed by atoms with Gasteiger partial charge in [-0.15, -0.1) is 0 Å². The number of phenolic OH excluding ortho intramolecular Hbond substituents is 1. The van der Waals surface area contributed by atoms with E-state index in [1.165, 1.54) is 5.56 Å². The van der Waals surface area contributed by atoms with Crippen LogP contribution in [-0.2, 0) is 29.0 Å². The lowest BCUT2D eigenvalue weighted by Crippen LogP contribution is -2.17. The smallest absolute Gasteiger partial charge is 0.161 e. The van der Waals surface area contributed by atoms with Crippen molar-refractivity contribution in [2.45, 2.75) is 128 Å². The van der Waals surface area contributed by atoms with E-state index >= 15 is 0 Å². The van der Waals surface area contributed by atoms with Crippen molar-refractivity contribution in [3.63, 3.8) is 0 Å². The number of nitrogens with one attached hydrogen (secondary N) is 1. The van der Waals surface area contributed by atoms with Gasteiger partial charge in [-0.05, 0) is 109 Å². The zero-order chi connectivity index (χ0) is 38.1. The first-order valence-electron chi connectivity index (χ1n) is 20.1. The molecule has 2 heterocycles. The highest BCUT2D eigenvalue weighted by Crippen LogP contribution is 2.37. The number of anilines is 1. The fourth-order valence-electron chi connectivity index (χ4n) is 7.25. The average molecular weight is 734 g/mol. The third kappa shape index (κ3) is 12.5. The highest BCUT2D eigenvalue weighted by Gasteiger charge is 2.20. The van der Waals surface area contributed by atoms with Crippen molar-refractivity contribution in [2.24, 2.45) is 0 Å². The number of aliphatic hydroxyl groups excluding tert-OH is 1. The zero-order valence-electron chi connectivity index (χ0n) is 32.5. The van der Waals surface area contributed by atoms with E-state index in [0.29, 0.717) is 43.9 Å². The second kappa shape index (κ2) is 21.3. The van der Waals surface area contributed by atoms with Gasteiger partial charge in [0.25, 0.3) is 0 Å². The van der Waals surface area contributed by atoms with Crippen LogP contribution in [0.4, 0.5) is 5.69 Å². The molecule has 0 saturated heterocycles. The second-order valence-corrected chi connectivity index (χ2v) is 14.8. The Kier molecular flexibility index (Phi) is 16.0. The summed E-state index contributed by atoms with van der Waals surface area (Å²) in [5.41, 5.74) is 5.20. The summed E-state index contributed by atoms with van der Waals surface area (Å²) in [6, 6.07) is 24.3. The van der Waals surface area contributed by atoms with Crippen LogP contribution in [0.25, 0.3) is 10.8 Å². The SMILES string of the molecule is CCCCC[C@@H]1C#CO[C@@H](CCCCCCCc2cccc(NC[C@H](C)O)c2)CC(=O)CCc2ccc(OC)c(c2)OCc2ccc3c1c(O)ccc3c2. The van der Waals surface area contributed by atoms with Crippen LogP contribution in [0.5, 0.6) is 17.2 Å². The lowest BCUT2D eigenvalue weighted by atomic mass is 9.88. The molecule has 0 radical (unpaired) electrons. The van der Waals surface area contributed by atoms with Gasteiger partial charge in [0.15, 0.2) is 11.5 Å². The molecule has 7 heteroatoms. The summed E-state index contributed by atoms with van der Waals surface area (Å²) in [4.78, 5) is 13.4. The molecule has 0 fully saturated rings. The largest absolute Gasteiger partial charge is 0.508 e. The van der Waals surface area contributed by atoms with Gasteiger partial charge in [-0.3, -0.25) is 4.79 Å². The summed E-state index contributed by atoms with van der Waals surface area (Å²) in [6.07, 6.45) is 14.9. The molecule has 0 amide bonds. The number of hydrogen-bond acceptors (Lipinski definition) is 7. The first-order valence-corrected chi connectivity index (χ1v) is 20.1. The number of aliphatic hydroxyl groups is 1. The monoisotopic (exact) mass is 733 g/mol. The third-order valence-electron chi connectivity index (χ3n) is 10.3. The Hall–Kier alpha value is -4.67. The number of unbranched alkanes of at least 4 members (excludes halogenated alkanes) is 6. The minimum atomic E-state index is -0.383. The number of benzene rings is 4. The van der Waals surface area contributed by atoms with Crippen molar-refractivity contribution < 1.29 is 29.2 Å². The lowest BCUT2D eigenvalue weighted by Gasteiger charge is -2.17. The molecule has 7 nitrogen and oxygen atoms in total. The number of ether oxygens (including phenoxy) is 3. The average Bonchev–Trinajstić information content (AvgIpc) is 3.17. The van der Waals surface area contributed by atoms with Crippen LogP contribution in [0.1, 0.15) is 119 Å². The molecule has 0 spiro atoms.